The quantitative estimate of drug-likeness (QED) is 0.833. The van der Waals surface area contributed by atoms with Gasteiger partial charge in [0, 0.05) is 17.5 Å². The zero-order chi connectivity index (χ0) is 13.1. The summed E-state index contributed by atoms with van der Waals surface area (Å²) < 4.78 is 0. The van der Waals surface area contributed by atoms with E-state index in [1.54, 1.807) is 6.92 Å². The van der Waals surface area contributed by atoms with Crippen LogP contribution in [0, 0.1) is 0 Å². The van der Waals surface area contributed by atoms with Crippen LogP contribution in [0.4, 0.5) is 0 Å². The standard InChI is InChI=1S/C13H13ClN2O2/c1-8(13(17)18)15-7-10-6-9-4-2-3-5-11(9)16-12(10)14/h2-6,8,15H,7H2,1H3,(H,17,18). The molecule has 5 heteroatoms. The van der Waals surface area contributed by atoms with Gasteiger partial charge in [0.15, 0.2) is 0 Å². The average Bonchev–Trinajstić information content (AvgIpc) is 2.35. The van der Waals surface area contributed by atoms with E-state index in [2.05, 4.69) is 10.3 Å². The number of halogens is 1. The van der Waals surface area contributed by atoms with Crippen molar-refractivity contribution < 1.29 is 9.90 Å². The Morgan fingerprint density at radius 2 is 2.22 bits per heavy atom. The van der Waals surface area contributed by atoms with E-state index in [0.717, 1.165) is 16.5 Å². The molecule has 2 aromatic rings. The number of para-hydroxylation sites is 1. The van der Waals surface area contributed by atoms with Gasteiger partial charge in [0.1, 0.15) is 11.2 Å². The number of aromatic nitrogens is 1. The Hall–Kier alpha value is -1.65. The number of nitrogens with zero attached hydrogens (tertiary/aromatic N) is 1. The van der Waals surface area contributed by atoms with Gasteiger partial charge in [-0.15, -0.1) is 0 Å². The summed E-state index contributed by atoms with van der Waals surface area (Å²) in [5, 5.41) is 13.1. The second-order valence-corrected chi connectivity index (χ2v) is 4.43. The van der Waals surface area contributed by atoms with Crippen LogP contribution in [0.2, 0.25) is 5.15 Å². The van der Waals surface area contributed by atoms with E-state index < -0.39 is 12.0 Å². The molecule has 1 aromatic heterocycles. The van der Waals surface area contributed by atoms with E-state index in [-0.39, 0.29) is 0 Å². The van der Waals surface area contributed by atoms with Gasteiger partial charge in [-0.1, -0.05) is 29.8 Å². The van der Waals surface area contributed by atoms with Crippen molar-refractivity contribution in [3.63, 3.8) is 0 Å². The Kier molecular flexibility index (Phi) is 3.79. The summed E-state index contributed by atoms with van der Waals surface area (Å²) in [5.74, 6) is -0.889. The highest BCUT2D eigenvalue weighted by molar-refractivity contribution is 6.30. The number of hydrogen-bond acceptors (Lipinski definition) is 3. The summed E-state index contributed by atoms with van der Waals surface area (Å²) in [7, 11) is 0. The molecule has 2 N–H and O–H groups in total. The first-order chi connectivity index (χ1) is 8.58. The highest BCUT2D eigenvalue weighted by Crippen LogP contribution is 2.20. The minimum atomic E-state index is -0.889. The molecule has 18 heavy (non-hydrogen) atoms. The maximum atomic E-state index is 10.7. The van der Waals surface area contributed by atoms with Crippen LogP contribution in [-0.4, -0.2) is 22.1 Å². The van der Waals surface area contributed by atoms with Gasteiger partial charge in [0.2, 0.25) is 0 Å². The second kappa shape index (κ2) is 5.33. The number of pyridine rings is 1. The largest absolute Gasteiger partial charge is 0.480 e. The number of carbonyl (C=O) groups is 1. The zero-order valence-corrected chi connectivity index (χ0v) is 10.6. The summed E-state index contributed by atoms with van der Waals surface area (Å²) in [6, 6.07) is 8.96. The number of rotatable bonds is 4. The number of fused-ring (bicyclic) bond motifs is 1. The van der Waals surface area contributed by atoms with E-state index in [4.69, 9.17) is 16.7 Å². The fourth-order valence-corrected chi connectivity index (χ4v) is 1.82. The van der Waals surface area contributed by atoms with Crippen molar-refractivity contribution in [3.8, 4) is 0 Å². The smallest absolute Gasteiger partial charge is 0.320 e. The third-order valence-electron chi connectivity index (χ3n) is 2.72. The normalized spacial score (nSPS) is 12.6. The van der Waals surface area contributed by atoms with Crippen LogP contribution < -0.4 is 5.32 Å². The summed E-state index contributed by atoms with van der Waals surface area (Å²) in [5.41, 5.74) is 1.63. The van der Waals surface area contributed by atoms with Crippen molar-refractivity contribution in [2.75, 3.05) is 0 Å². The van der Waals surface area contributed by atoms with Crippen molar-refractivity contribution in [1.29, 1.82) is 0 Å². The lowest BCUT2D eigenvalue weighted by Gasteiger charge is -2.10. The van der Waals surface area contributed by atoms with E-state index >= 15 is 0 Å². The lowest BCUT2D eigenvalue weighted by atomic mass is 10.1. The molecule has 94 valence electrons. The van der Waals surface area contributed by atoms with Gasteiger partial charge in [-0.3, -0.25) is 4.79 Å². The molecular weight excluding hydrogens is 252 g/mol. The predicted molar refractivity (Wildman–Crippen MR) is 70.7 cm³/mol. The third-order valence-corrected chi connectivity index (χ3v) is 3.05. The fraction of sp³-hybridized carbons (Fsp3) is 0.231. The first-order valence-corrected chi connectivity index (χ1v) is 5.96. The van der Waals surface area contributed by atoms with Crippen LogP contribution in [0.25, 0.3) is 10.9 Å². The molecule has 0 spiro atoms. The highest BCUT2D eigenvalue weighted by Gasteiger charge is 2.11. The molecule has 1 heterocycles. The van der Waals surface area contributed by atoms with Crippen molar-refractivity contribution >= 4 is 28.5 Å². The maximum Gasteiger partial charge on any atom is 0.320 e. The molecule has 1 atom stereocenters. The second-order valence-electron chi connectivity index (χ2n) is 4.07. The molecule has 0 aliphatic heterocycles. The van der Waals surface area contributed by atoms with Crippen molar-refractivity contribution in [2.24, 2.45) is 0 Å². The number of carboxylic acid groups (broad SMARTS) is 1. The number of carboxylic acids is 1. The van der Waals surface area contributed by atoms with Gasteiger partial charge in [0.25, 0.3) is 0 Å². The first-order valence-electron chi connectivity index (χ1n) is 5.58. The predicted octanol–water partition coefficient (Wildman–Crippen LogP) is 2.45. The van der Waals surface area contributed by atoms with Gasteiger partial charge in [-0.25, -0.2) is 4.98 Å². The summed E-state index contributed by atoms with van der Waals surface area (Å²) >= 11 is 6.07. The van der Waals surface area contributed by atoms with Crippen LogP contribution in [0.3, 0.4) is 0 Å². The number of hydrogen-bond donors (Lipinski definition) is 2. The third kappa shape index (κ3) is 2.78. The van der Waals surface area contributed by atoms with Gasteiger partial charge in [0.05, 0.1) is 5.52 Å². The van der Waals surface area contributed by atoms with E-state index in [1.807, 2.05) is 30.3 Å². The molecular formula is C13H13ClN2O2. The Balaban J connectivity index is 2.23. The number of nitrogens with one attached hydrogen (secondary N) is 1. The molecule has 0 amide bonds. The van der Waals surface area contributed by atoms with Gasteiger partial charge < -0.3 is 10.4 Å². The van der Waals surface area contributed by atoms with Crippen LogP contribution >= 0.6 is 11.6 Å². The molecule has 0 aliphatic carbocycles. The Labute approximate surface area is 110 Å². The Morgan fingerprint density at radius 1 is 1.50 bits per heavy atom. The number of benzene rings is 1. The lowest BCUT2D eigenvalue weighted by Crippen LogP contribution is -2.33. The fourth-order valence-electron chi connectivity index (χ4n) is 1.61. The van der Waals surface area contributed by atoms with Crippen molar-refractivity contribution in [2.45, 2.75) is 19.5 Å². The molecule has 4 nitrogen and oxygen atoms in total. The van der Waals surface area contributed by atoms with Crippen molar-refractivity contribution in [3.05, 3.63) is 41.0 Å². The topological polar surface area (TPSA) is 62.2 Å². The molecule has 0 radical (unpaired) electrons. The molecule has 0 aliphatic rings. The number of aliphatic carboxylic acids is 1. The summed E-state index contributed by atoms with van der Waals surface area (Å²) in [6.45, 7) is 1.97. The van der Waals surface area contributed by atoms with E-state index in [9.17, 15) is 4.79 Å². The minimum absolute atomic E-state index is 0.379. The van der Waals surface area contributed by atoms with Crippen LogP contribution in [0.1, 0.15) is 12.5 Å². The zero-order valence-electron chi connectivity index (χ0n) is 9.85. The van der Waals surface area contributed by atoms with Crippen molar-refractivity contribution in [1.82, 2.24) is 10.3 Å². The van der Waals surface area contributed by atoms with Crippen LogP contribution in [-0.2, 0) is 11.3 Å². The average molecular weight is 265 g/mol. The minimum Gasteiger partial charge on any atom is -0.480 e. The molecule has 1 unspecified atom stereocenters. The first kappa shape index (κ1) is 12.8. The Morgan fingerprint density at radius 3 is 2.94 bits per heavy atom. The highest BCUT2D eigenvalue weighted by atomic mass is 35.5. The van der Waals surface area contributed by atoms with Crippen LogP contribution in [0.5, 0.6) is 0 Å². The van der Waals surface area contributed by atoms with E-state index in [1.165, 1.54) is 0 Å². The monoisotopic (exact) mass is 264 g/mol. The van der Waals surface area contributed by atoms with Gasteiger partial charge in [-0.05, 0) is 19.1 Å². The molecule has 2 rings (SSSR count). The SMILES string of the molecule is CC(NCc1cc2ccccc2nc1Cl)C(=O)O. The lowest BCUT2D eigenvalue weighted by molar-refractivity contribution is -0.139. The molecule has 1 aromatic carbocycles. The van der Waals surface area contributed by atoms with E-state index in [0.29, 0.717) is 11.7 Å². The summed E-state index contributed by atoms with van der Waals surface area (Å²) in [6.07, 6.45) is 0. The maximum absolute atomic E-state index is 10.7. The molecule has 0 bridgehead atoms. The van der Waals surface area contributed by atoms with Gasteiger partial charge >= 0.3 is 5.97 Å². The van der Waals surface area contributed by atoms with Gasteiger partial charge in [-0.2, -0.15) is 0 Å². The molecule has 0 saturated carbocycles. The summed E-state index contributed by atoms with van der Waals surface area (Å²) in [4.78, 5) is 15.0. The van der Waals surface area contributed by atoms with Crippen LogP contribution in [0.15, 0.2) is 30.3 Å². The molecule has 0 fully saturated rings. The molecule has 0 saturated heterocycles. The Bertz CT molecular complexity index is 586.